The number of imide groups is 1. The van der Waals surface area contributed by atoms with E-state index in [4.69, 9.17) is 0 Å². The predicted octanol–water partition coefficient (Wildman–Crippen LogP) is 2.83. The Kier molecular flexibility index (Phi) is 11.7. The van der Waals surface area contributed by atoms with Gasteiger partial charge in [0, 0.05) is 32.5 Å². The van der Waals surface area contributed by atoms with Gasteiger partial charge in [-0.1, -0.05) is 72.8 Å². The van der Waals surface area contributed by atoms with E-state index in [0.29, 0.717) is 19.4 Å². The molecule has 51 heavy (non-hydrogen) atoms. The fraction of sp³-hybridized carbons (Fsp3) is 0.763. The normalized spacial score (nSPS) is 26.3. The van der Waals surface area contributed by atoms with Crippen LogP contribution in [-0.4, -0.2) is 95.0 Å². The molecule has 2 heterocycles. The fourth-order valence-corrected chi connectivity index (χ4v) is 8.49. The van der Waals surface area contributed by atoms with E-state index in [9.17, 15) is 33.6 Å². The van der Waals surface area contributed by atoms with Crippen molar-refractivity contribution >= 4 is 41.4 Å². The van der Waals surface area contributed by atoms with Crippen molar-refractivity contribution in [3.8, 4) is 0 Å². The van der Waals surface area contributed by atoms with Gasteiger partial charge in [-0.3, -0.25) is 33.7 Å². The van der Waals surface area contributed by atoms with Crippen molar-refractivity contribution in [3.05, 3.63) is 12.7 Å². The number of carbonyl (C=O) groups excluding carboxylic acids is 7. The zero-order valence-electron chi connectivity index (χ0n) is 31.1. The van der Waals surface area contributed by atoms with Gasteiger partial charge in [0.05, 0.1) is 12.1 Å². The van der Waals surface area contributed by atoms with Crippen molar-refractivity contribution in [2.75, 3.05) is 19.6 Å². The fourth-order valence-electron chi connectivity index (χ4n) is 8.49. The summed E-state index contributed by atoms with van der Waals surface area (Å²) in [4.78, 5) is 96.6. The molecule has 2 aliphatic heterocycles. The number of likely N-dealkylation sites (tertiary alicyclic amines) is 2. The van der Waals surface area contributed by atoms with Gasteiger partial charge < -0.3 is 26.2 Å². The minimum Gasteiger partial charge on any atom is -0.346 e. The van der Waals surface area contributed by atoms with E-state index in [1.54, 1.807) is 4.90 Å². The Morgan fingerprint density at radius 1 is 0.922 bits per heavy atom. The molecular formula is C38H58N6O7. The summed E-state index contributed by atoms with van der Waals surface area (Å²) in [5, 5.41) is 11.4. The second kappa shape index (κ2) is 15.5. The van der Waals surface area contributed by atoms with Crippen molar-refractivity contribution in [1.82, 2.24) is 31.1 Å². The SMILES string of the molecule is C=CCNC(=O)C(=O)C(CC1CC1)NC(=O)[C@@H]1[C@@H]2[C@H](CN1C(=O)[C@@H](NC(=O)N[C@H](CN1C(=O)CCCC1=O)C(C)(C)C)C1CCCCC1)C2(C)C. The molecular weight excluding hydrogens is 652 g/mol. The minimum atomic E-state index is -1.00. The lowest BCUT2D eigenvalue weighted by molar-refractivity contribution is -0.148. The highest BCUT2D eigenvalue weighted by Gasteiger charge is 2.69. The number of nitrogens with zero attached hydrogens (tertiary/aromatic N) is 2. The van der Waals surface area contributed by atoms with Gasteiger partial charge in [0.15, 0.2) is 0 Å². The molecule has 6 atom stereocenters. The average Bonchev–Trinajstić information content (AvgIpc) is 3.93. The highest BCUT2D eigenvalue weighted by molar-refractivity contribution is 6.38. The third-order valence-electron chi connectivity index (χ3n) is 12.1. The number of fused-ring (bicyclic) bond motifs is 1. The van der Waals surface area contributed by atoms with Gasteiger partial charge in [-0.15, -0.1) is 6.58 Å². The predicted molar refractivity (Wildman–Crippen MR) is 190 cm³/mol. The number of urea groups is 1. The molecule has 5 fully saturated rings. The smallest absolute Gasteiger partial charge is 0.315 e. The van der Waals surface area contributed by atoms with E-state index in [-0.39, 0.29) is 72.7 Å². The van der Waals surface area contributed by atoms with Gasteiger partial charge in [-0.05, 0) is 60.2 Å². The Balaban J connectivity index is 1.34. The summed E-state index contributed by atoms with van der Waals surface area (Å²) in [5.41, 5.74) is -0.702. The molecule has 13 nitrogen and oxygen atoms in total. The minimum absolute atomic E-state index is 0.0375. The zero-order chi connectivity index (χ0) is 37.2. The van der Waals surface area contributed by atoms with Gasteiger partial charge >= 0.3 is 6.03 Å². The summed E-state index contributed by atoms with van der Waals surface area (Å²) in [7, 11) is 0. The Morgan fingerprint density at radius 3 is 2.16 bits per heavy atom. The largest absolute Gasteiger partial charge is 0.346 e. The number of piperidine rings is 2. The monoisotopic (exact) mass is 710 g/mol. The van der Waals surface area contributed by atoms with E-state index in [0.717, 1.165) is 44.9 Å². The van der Waals surface area contributed by atoms with Crippen LogP contribution in [0.3, 0.4) is 0 Å². The molecule has 4 N–H and O–H groups in total. The van der Waals surface area contributed by atoms with Crippen LogP contribution in [-0.2, 0) is 28.8 Å². The topological polar surface area (TPSA) is 174 Å². The first-order valence-electron chi connectivity index (χ1n) is 19.0. The number of rotatable bonds is 14. The molecule has 1 unspecified atom stereocenters. The van der Waals surface area contributed by atoms with Crippen LogP contribution in [0.25, 0.3) is 0 Å². The molecule has 7 amide bonds. The molecule has 5 rings (SSSR count). The quantitative estimate of drug-likeness (QED) is 0.122. The molecule has 0 aromatic rings. The molecule has 5 aliphatic rings. The first-order chi connectivity index (χ1) is 24.0. The van der Waals surface area contributed by atoms with Gasteiger partial charge in [0.25, 0.3) is 5.91 Å². The molecule has 3 aliphatic carbocycles. The van der Waals surface area contributed by atoms with Crippen LogP contribution in [0.5, 0.6) is 0 Å². The van der Waals surface area contributed by atoms with Crippen molar-refractivity contribution in [1.29, 1.82) is 0 Å². The number of carbonyl (C=O) groups is 7. The summed E-state index contributed by atoms with van der Waals surface area (Å²) in [5.74, 6) is -2.71. The number of nitrogens with one attached hydrogen (secondary N) is 4. The Bertz CT molecular complexity index is 1400. The molecule has 0 radical (unpaired) electrons. The molecule has 0 aromatic heterocycles. The highest BCUT2D eigenvalue weighted by Crippen LogP contribution is 2.65. The van der Waals surface area contributed by atoms with Crippen LogP contribution in [0.1, 0.15) is 105 Å². The molecule has 3 saturated carbocycles. The van der Waals surface area contributed by atoms with Crippen LogP contribution >= 0.6 is 0 Å². The van der Waals surface area contributed by atoms with Gasteiger partial charge in [0.2, 0.25) is 29.4 Å². The van der Waals surface area contributed by atoms with E-state index < -0.39 is 53.2 Å². The van der Waals surface area contributed by atoms with Crippen molar-refractivity contribution in [3.63, 3.8) is 0 Å². The van der Waals surface area contributed by atoms with Crippen LogP contribution in [0.15, 0.2) is 12.7 Å². The molecule has 282 valence electrons. The summed E-state index contributed by atoms with van der Waals surface area (Å²) in [6, 6.07) is -3.89. The number of Topliss-reactive ketones (excluding diaryl/α,β-unsaturated/α-hetero) is 1. The van der Waals surface area contributed by atoms with Crippen LogP contribution in [0.2, 0.25) is 0 Å². The van der Waals surface area contributed by atoms with Gasteiger partial charge in [-0.2, -0.15) is 0 Å². The maximum Gasteiger partial charge on any atom is 0.315 e. The van der Waals surface area contributed by atoms with Crippen LogP contribution in [0.4, 0.5) is 4.79 Å². The third kappa shape index (κ3) is 8.83. The van der Waals surface area contributed by atoms with E-state index >= 15 is 0 Å². The lowest BCUT2D eigenvalue weighted by atomic mass is 9.83. The molecule has 13 heteroatoms. The maximum absolute atomic E-state index is 14.7. The summed E-state index contributed by atoms with van der Waals surface area (Å²) in [6.07, 6.45) is 9.16. The Labute approximate surface area is 301 Å². The molecule has 0 spiro atoms. The lowest BCUT2D eigenvalue weighted by Gasteiger charge is -2.39. The van der Waals surface area contributed by atoms with E-state index in [1.807, 2.05) is 20.8 Å². The number of ketones is 1. The average molecular weight is 711 g/mol. The summed E-state index contributed by atoms with van der Waals surface area (Å²) >= 11 is 0. The zero-order valence-corrected chi connectivity index (χ0v) is 31.1. The van der Waals surface area contributed by atoms with Crippen LogP contribution < -0.4 is 21.3 Å². The van der Waals surface area contributed by atoms with Crippen LogP contribution in [0, 0.1) is 34.5 Å². The van der Waals surface area contributed by atoms with E-state index in [2.05, 4.69) is 41.7 Å². The van der Waals surface area contributed by atoms with Gasteiger partial charge in [-0.25, -0.2) is 4.79 Å². The summed E-state index contributed by atoms with van der Waals surface area (Å²) < 4.78 is 0. The van der Waals surface area contributed by atoms with Crippen molar-refractivity contribution in [2.45, 2.75) is 129 Å². The molecule has 2 saturated heterocycles. The van der Waals surface area contributed by atoms with E-state index in [1.165, 1.54) is 11.0 Å². The second-order valence-electron chi connectivity index (χ2n) is 17.2. The molecule has 0 bridgehead atoms. The standard InChI is InChI=1S/C38H58N6O7/c1-7-18-39-34(49)32(47)25(19-22-16-17-22)40-33(48)31-29-24(38(29,5)6)20-44(31)35(50)30(23-12-9-8-10-13-23)42-36(51)41-26(37(2,3)4)21-43-27(45)14-11-15-28(43)46/h7,22-26,29-31H,1,8-21H2,2-6H3,(H,39,49)(H,40,48)(H2,41,42,51)/t24-,25?,26+,29-,30-,31-/m0/s1. The number of hydrogen-bond acceptors (Lipinski definition) is 7. The van der Waals surface area contributed by atoms with Crippen molar-refractivity contribution in [2.24, 2.45) is 34.5 Å². The lowest BCUT2D eigenvalue weighted by Crippen LogP contribution is -2.62. The van der Waals surface area contributed by atoms with Gasteiger partial charge in [0.1, 0.15) is 12.1 Å². The Hall–Kier alpha value is -3.77. The van der Waals surface area contributed by atoms with Crippen molar-refractivity contribution < 1.29 is 33.6 Å². The number of hydrogen-bond donors (Lipinski definition) is 4. The molecule has 0 aromatic carbocycles. The first-order valence-corrected chi connectivity index (χ1v) is 19.0. The maximum atomic E-state index is 14.7. The Morgan fingerprint density at radius 2 is 1.57 bits per heavy atom. The number of amides is 7. The summed E-state index contributed by atoms with van der Waals surface area (Å²) in [6.45, 7) is 14.0. The third-order valence-corrected chi connectivity index (χ3v) is 12.1. The first kappa shape index (κ1) is 38.5. The second-order valence-corrected chi connectivity index (χ2v) is 17.2. The highest BCUT2D eigenvalue weighted by atomic mass is 16.2.